The highest BCUT2D eigenvalue weighted by molar-refractivity contribution is 9.10. The van der Waals surface area contributed by atoms with Gasteiger partial charge in [-0.2, -0.15) is 0 Å². The van der Waals surface area contributed by atoms with Crippen molar-refractivity contribution in [3.8, 4) is 0 Å². The Balaban J connectivity index is 2.13. The molecular formula is C11H16BrN3O. The fourth-order valence-electron chi connectivity index (χ4n) is 1.65. The Morgan fingerprint density at radius 3 is 2.81 bits per heavy atom. The summed E-state index contributed by atoms with van der Waals surface area (Å²) in [6.45, 7) is 0.734. The van der Waals surface area contributed by atoms with Gasteiger partial charge in [-0.25, -0.2) is 9.97 Å². The molecule has 0 spiro atoms. The molecule has 1 heterocycles. The second kappa shape index (κ2) is 5.10. The first-order valence-electron chi connectivity index (χ1n) is 5.53. The van der Waals surface area contributed by atoms with Crippen molar-refractivity contribution in [2.45, 2.75) is 31.6 Å². The third-order valence-corrected chi connectivity index (χ3v) is 3.47. The topological polar surface area (TPSA) is 61.0 Å². The summed E-state index contributed by atoms with van der Waals surface area (Å²) in [5.41, 5.74) is 6.95. The molecule has 88 valence electrons. The summed E-state index contributed by atoms with van der Waals surface area (Å²) in [5.74, 6) is 1.98. The monoisotopic (exact) mass is 285 g/mol. The lowest BCUT2D eigenvalue weighted by Crippen LogP contribution is -2.06. The Bertz CT molecular complexity index is 380. The minimum Gasteiger partial charge on any atom is -0.385 e. The maximum Gasteiger partial charge on any atom is 0.141 e. The molecule has 0 unspecified atom stereocenters. The molecule has 1 fully saturated rings. The van der Waals surface area contributed by atoms with Gasteiger partial charge in [-0.1, -0.05) is 0 Å². The average molecular weight is 286 g/mol. The Morgan fingerprint density at radius 1 is 1.44 bits per heavy atom. The van der Waals surface area contributed by atoms with Gasteiger partial charge in [0, 0.05) is 26.1 Å². The molecule has 1 saturated carbocycles. The molecule has 1 aromatic rings. The van der Waals surface area contributed by atoms with E-state index >= 15 is 0 Å². The van der Waals surface area contributed by atoms with Crippen molar-refractivity contribution in [1.82, 2.24) is 9.97 Å². The van der Waals surface area contributed by atoms with E-state index in [1.807, 2.05) is 0 Å². The highest BCUT2D eigenvalue weighted by atomic mass is 79.9. The molecule has 2 rings (SSSR count). The van der Waals surface area contributed by atoms with Crippen LogP contribution in [0.3, 0.4) is 0 Å². The van der Waals surface area contributed by atoms with E-state index in [2.05, 4.69) is 25.9 Å². The number of hydrogen-bond donors (Lipinski definition) is 1. The molecule has 0 bridgehead atoms. The van der Waals surface area contributed by atoms with E-state index in [1.54, 1.807) is 7.11 Å². The summed E-state index contributed by atoms with van der Waals surface area (Å²) >= 11 is 3.46. The van der Waals surface area contributed by atoms with Crippen LogP contribution < -0.4 is 5.73 Å². The summed E-state index contributed by atoms with van der Waals surface area (Å²) in [7, 11) is 1.70. The van der Waals surface area contributed by atoms with Crippen LogP contribution in [0.2, 0.25) is 0 Å². The molecule has 0 aliphatic heterocycles. The Morgan fingerprint density at radius 2 is 2.19 bits per heavy atom. The zero-order valence-corrected chi connectivity index (χ0v) is 11.0. The van der Waals surface area contributed by atoms with Gasteiger partial charge in [0.25, 0.3) is 0 Å². The van der Waals surface area contributed by atoms with E-state index in [-0.39, 0.29) is 0 Å². The number of nitrogens with zero attached hydrogens (tertiary/aromatic N) is 2. The summed E-state index contributed by atoms with van der Waals surface area (Å²) in [6.07, 6.45) is 4.19. The van der Waals surface area contributed by atoms with Crippen LogP contribution in [0.25, 0.3) is 0 Å². The van der Waals surface area contributed by atoms with Crippen LogP contribution in [-0.2, 0) is 11.2 Å². The number of methoxy groups -OCH3 is 1. The van der Waals surface area contributed by atoms with Gasteiger partial charge in [0.15, 0.2) is 0 Å². The number of nitrogens with two attached hydrogens (primary N) is 1. The normalized spacial score (nSPS) is 15.4. The largest absolute Gasteiger partial charge is 0.385 e. The van der Waals surface area contributed by atoms with Crippen LogP contribution in [0.15, 0.2) is 4.47 Å². The van der Waals surface area contributed by atoms with Crippen LogP contribution >= 0.6 is 15.9 Å². The zero-order valence-electron chi connectivity index (χ0n) is 9.37. The summed E-state index contributed by atoms with van der Waals surface area (Å²) in [4.78, 5) is 8.85. The van der Waals surface area contributed by atoms with Gasteiger partial charge in [0.1, 0.15) is 11.6 Å². The molecule has 0 amide bonds. The first-order valence-corrected chi connectivity index (χ1v) is 6.32. The van der Waals surface area contributed by atoms with Crippen LogP contribution in [-0.4, -0.2) is 23.7 Å². The van der Waals surface area contributed by atoms with E-state index < -0.39 is 0 Å². The van der Waals surface area contributed by atoms with E-state index in [0.29, 0.717) is 11.7 Å². The van der Waals surface area contributed by atoms with Crippen molar-refractivity contribution in [2.24, 2.45) is 0 Å². The van der Waals surface area contributed by atoms with Gasteiger partial charge in [0.2, 0.25) is 0 Å². The fourth-order valence-corrected chi connectivity index (χ4v) is 2.15. The molecule has 16 heavy (non-hydrogen) atoms. The number of halogens is 1. The maximum absolute atomic E-state index is 5.86. The number of nitrogen functional groups attached to an aromatic ring is 1. The third-order valence-electron chi connectivity index (χ3n) is 2.66. The Hall–Kier alpha value is -0.680. The number of rotatable bonds is 5. The number of aromatic nitrogens is 2. The second-order valence-electron chi connectivity index (χ2n) is 4.09. The molecule has 1 aliphatic carbocycles. The van der Waals surface area contributed by atoms with Crippen molar-refractivity contribution in [2.75, 3.05) is 19.5 Å². The molecule has 0 saturated heterocycles. The zero-order chi connectivity index (χ0) is 11.5. The number of ether oxygens (including phenoxy) is 1. The van der Waals surface area contributed by atoms with Gasteiger partial charge >= 0.3 is 0 Å². The molecule has 1 aliphatic rings. The predicted octanol–water partition coefficient (Wildman–Crippen LogP) is 2.28. The average Bonchev–Trinajstić information content (AvgIpc) is 3.07. The minimum atomic E-state index is 0.560. The molecule has 1 aromatic heterocycles. The second-order valence-corrected chi connectivity index (χ2v) is 4.89. The summed E-state index contributed by atoms with van der Waals surface area (Å²) < 4.78 is 5.89. The predicted molar refractivity (Wildman–Crippen MR) is 66.3 cm³/mol. The van der Waals surface area contributed by atoms with Crippen LogP contribution in [0, 0.1) is 0 Å². The number of anilines is 1. The van der Waals surface area contributed by atoms with Crippen LogP contribution in [0.4, 0.5) is 5.82 Å². The molecule has 5 heteroatoms. The Kier molecular flexibility index (Phi) is 3.76. The van der Waals surface area contributed by atoms with Crippen molar-refractivity contribution in [3.05, 3.63) is 16.0 Å². The summed E-state index contributed by atoms with van der Waals surface area (Å²) in [6, 6.07) is 0. The first kappa shape index (κ1) is 11.8. The van der Waals surface area contributed by atoms with E-state index in [1.165, 1.54) is 12.8 Å². The van der Waals surface area contributed by atoms with Crippen molar-refractivity contribution in [1.29, 1.82) is 0 Å². The lowest BCUT2D eigenvalue weighted by Gasteiger charge is -2.07. The van der Waals surface area contributed by atoms with E-state index in [9.17, 15) is 0 Å². The van der Waals surface area contributed by atoms with Crippen molar-refractivity contribution < 1.29 is 4.74 Å². The van der Waals surface area contributed by atoms with Crippen LogP contribution in [0.1, 0.15) is 36.7 Å². The number of hydrogen-bond acceptors (Lipinski definition) is 4. The molecule has 0 radical (unpaired) electrons. The first-order chi connectivity index (χ1) is 7.72. The SMILES string of the molecule is COCCCc1nc(N)c(Br)c(C2CC2)n1. The number of aryl methyl sites for hydroxylation is 1. The maximum atomic E-state index is 5.86. The minimum absolute atomic E-state index is 0.560. The van der Waals surface area contributed by atoms with Gasteiger partial charge < -0.3 is 10.5 Å². The smallest absolute Gasteiger partial charge is 0.141 e. The standard InChI is InChI=1S/C11H16BrN3O/c1-16-6-2-3-8-14-10(7-4-5-7)9(12)11(13)15-8/h7H,2-6H2,1H3,(H2,13,14,15). The molecule has 0 aromatic carbocycles. The van der Waals surface area contributed by atoms with E-state index in [0.717, 1.165) is 35.4 Å². The lowest BCUT2D eigenvalue weighted by atomic mass is 10.2. The fraction of sp³-hybridized carbons (Fsp3) is 0.636. The lowest BCUT2D eigenvalue weighted by molar-refractivity contribution is 0.194. The van der Waals surface area contributed by atoms with Crippen molar-refractivity contribution >= 4 is 21.7 Å². The highest BCUT2D eigenvalue weighted by Gasteiger charge is 2.28. The van der Waals surface area contributed by atoms with Gasteiger partial charge in [-0.15, -0.1) is 0 Å². The summed E-state index contributed by atoms with van der Waals surface area (Å²) in [5, 5.41) is 0. The molecular weight excluding hydrogens is 270 g/mol. The Labute approximate surface area is 104 Å². The van der Waals surface area contributed by atoms with Gasteiger partial charge in [-0.05, 0) is 35.2 Å². The van der Waals surface area contributed by atoms with Gasteiger partial charge in [-0.3, -0.25) is 0 Å². The van der Waals surface area contributed by atoms with E-state index in [4.69, 9.17) is 10.5 Å². The third kappa shape index (κ3) is 2.71. The molecule has 0 atom stereocenters. The highest BCUT2D eigenvalue weighted by Crippen LogP contribution is 2.43. The van der Waals surface area contributed by atoms with Crippen molar-refractivity contribution in [3.63, 3.8) is 0 Å². The van der Waals surface area contributed by atoms with Gasteiger partial charge in [0.05, 0.1) is 10.2 Å². The quantitative estimate of drug-likeness (QED) is 0.843. The van der Waals surface area contributed by atoms with Crippen LogP contribution in [0.5, 0.6) is 0 Å². The molecule has 2 N–H and O–H groups in total. The molecule has 4 nitrogen and oxygen atoms in total.